The first-order valence-electron chi connectivity index (χ1n) is 14.8. The number of fused-ring (bicyclic) bond motifs is 2. The van der Waals surface area contributed by atoms with Gasteiger partial charge in [-0.25, -0.2) is 0 Å². The van der Waals surface area contributed by atoms with E-state index in [4.69, 9.17) is 14.7 Å². The SMILES string of the molecule is C=CC(=O)N1CCN(c2nc(OC[C@@H]3CCCN3C)nc3c2CCN(c2cccc4c2CCCS4)C3)C[C@@H]1CC#N. The number of hydrogen-bond donors (Lipinski definition) is 0. The van der Waals surface area contributed by atoms with Crippen LogP contribution in [-0.4, -0.2) is 89.9 Å². The molecule has 0 unspecified atom stereocenters. The fraction of sp³-hybridized carbons (Fsp3) is 0.548. The molecule has 2 aromatic rings. The molecule has 4 aliphatic rings. The number of piperazine rings is 1. The maximum absolute atomic E-state index is 12.5. The molecule has 1 amide bonds. The number of anilines is 2. The quantitative estimate of drug-likeness (QED) is 0.461. The number of carbonyl (C=O) groups is 1. The van der Waals surface area contributed by atoms with Crippen molar-refractivity contribution in [2.75, 3.05) is 61.9 Å². The molecule has 2 saturated heterocycles. The molecular formula is C31H39N7O2S. The van der Waals surface area contributed by atoms with Gasteiger partial charge in [0.05, 0.1) is 30.8 Å². The molecule has 41 heavy (non-hydrogen) atoms. The van der Waals surface area contributed by atoms with Gasteiger partial charge in [0.2, 0.25) is 5.91 Å². The van der Waals surface area contributed by atoms with Crippen molar-refractivity contribution < 1.29 is 9.53 Å². The lowest BCUT2D eigenvalue weighted by Gasteiger charge is -2.42. The summed E-state index contributed by atoms with van der Waals surface area (Å²) in [7, 11) is 2.15. The second-order valence-electron chi connectivity index (χ2n) is 11.4. The van der Waals surface area contributed by atoms with E-state index in [2.05, 4.69) is 52.6 Å². The second-order valence-corrected chi connectivity index (χ2v) is 12.6. The molecule has 1 aromatic carbocycles. The van der Waals surface area contributed by atoms with Crippen LogP contribution in [0.2, 0.25) is 0 Å². The number of thioether (sulfide) groups is 1. The third kappa shape index (κ3) is 5.75. The van der Waals surface area contributed by atoms with Crippen LogP contribution in [0.3, 0.4) is 0 Å². The Balaban J connectivity index is 1.31. The Hall–Kier alpha value is -3.29. The summed E-state index contributed by atoms with van der Waals surface area (Å²) in [6.45, 7) is 8.65. The van der Waals surface area contributed by atoms with Crippen LogP contribution in [0.25, 0.3) is 0 Å². The molecule has 2 fully saturated rings. The standard InChI is InChI=1S/C31H39N7O2S/c1-3-29(39)38-17-16-37(19-22(38)11-13-32)30-24-12-15-36(27-9-4-10-28-25(27)8-6-18-41-28)20-26(24)33-31(34-30)40-21-23-7-5-14-35(23)2/h3-4,9-10,22-23H,1,5-8,11-12,14-21H2,2H3/t22-,23-/m0/s1. The third-order valence-corrected chi connectivity index (χ3v) is 10.1. The van der Waals surface area contributed by atoms with Crippen molar-refractivity contribution in [1.82, 2.24) is 19.8 Å². The van der Waals surface area contributed by atoms with Crippen LogP contribution < -0.4 is 14.5 Å². The lowest BCUT2D eigenvalue weighted by Crippen LogP contribution is -2.55. The Morgan fingerprint density at radius 1 is 1.15 bits per heavy atom. The number of carbonyl (C=O) groups excluding carboxylic acids is 1. The molecule has 10 heteroatoms. The van der Waals surface area contributed by atoms with Crippen LogP contribution in [0.4, 0.5) is 11.5 Å². The summed E-state index contributed by atoms with van der Waals surface area (Å²) in [4.78, 5) is 32.7. The molecule has 1 aromatic heterocycles. The van der Waals surface area contributed by atoms with Gasteiger partial charge < -0.3 is 24.3 Å². The molecule has 6 rings (SSSR count). The average Bonchev–Trinajstić information content (AvgIpc) is 3.43. The van der Waals surface area contributed by atoms with Crippen LogP contribution >= 0.6 is 11.8 Å². The molecule has 5 heterocycles. The van der Waals surface area contributed by atoms with E-state index < -0.39 is 0 Å². The fourth-order valence-corrected chi connectivity index (χ4v) is 7.75. The number of benzene rings is 1. The minimum Gasteiger partial charge on any atom is -0.462 e. The average molecular weight is 574 g/mol. The highest BCUT2D eigenvalue weighted by atomic mass is 32.2. The van der Waals surface area contributed by atoms with E-state index in [1.165, 1.54) is 40.8 Å². The van der Waals surface area contributed by atoms with E-state index in [1.807, 2.05) is 11.8 Å². The number of ether oxygens (including phenoxy) is 1. The first-order valence-corrected chi connectivity index (χ1v) is 15.8. The topological polar surface area (TPSA) is 88.8 Å². The van der Waals surface area contributed by atoms with Gasteiger partial charge in [0.25, 0.3) is 0 Å². The number of hydrogen-bond acceptors (Lipinski definition) is 9. The normalized spacial score (nSPS) is 22.6. The molecule has 0 bridgehead atoms. The van der Waals surface area contributed by atoms with Gasteiger partial charge in [0.1, 0.15) is 12.4 Å². The molecule has 0 radical (unpaired) electrons. The maximum atomic E-state index is 12.5. The summed E-state index contributed by atoms with van der Waals surface area (Å²) in [6, 6.07) is 9.54. The first-order chi connectivity index (χ1) is 20.1. The van der Waals surface area contributed by atoms with E-state index in [0.29, 0.717) is 44.8 Å². The molecule has 0 spiro atoms. The molecule has 9 nitrogen and oxygen atoms in total. The van der Waals surface area contributed by atoms with E-state index in [-0.39, 0.29) is 18.4 Å². The largest absolute Gasteiger partial charge is 0.462 e. The predicted octanol–water partition coefficient (Wildman–Crippen LogP) is 3.67. The Morgan fingerprint density at radius 2 is 2.05 bits per heavy atom. The Bertz CT molecular complexity index is 1340. The number of rotatable bonds is 7. The van der Waals surface area contributed by atoms with Gasteiger partial charge in [0, 0.05) is 48.4 Å². The summed E-state index contributed by atoms with van der Waals surface area (Å²) >= 11 is 1.96. The van der Waals surface area contributed by atoms with Crippen LogP contribution in [0.1, 0.15) is 42.5 Å². The van der Waals surface area contributed by atoms with Gasteiger partial charge in [0.15, 0.2) is 0 Å². The number of nitrogens with zero attached hydrogens (tertiary/aromatic N) is 7. The Labute approximate surface area is 247 Å². The van der Waals surface area contributed by atoms with Gasteiger partial charge in [-0.15, -0.1) is 11.8 Å². The van der Waals surface area contributed by atoms with Gasteiger partial charge in [-0.3, -0.25) is 4.79 Å². The summed E-state index contributed by atoms with van der Waals surface area (Å²) in [5.41, 5.74) is 4.95. The van der Waals surface area contributed by atoms with Crippen LogP contribution in [-0.2, 0) is 24.2 Å². The predicted molar refractivity (Wildman–Crippen MR) is 162 cm³/mol. The zero-order valence-electron chi connectivity index (χ0n) is 23.9. The van der Waals surface area contributed by atoms with Crippen LogP contribution in [0, 0.1) is 11.3 Å². The van der Waals surface area contributed by atoms with Crippen LogP contribution in [0.5, 0.6) is 6.01 Å². The smallest absolute Gasteiger partial charge is 0.318 e. The lowest BCUT2D eigenvalue weighted by molar-refractivity contribution is -0.128. The molecular weight excluding hydrogens is 534 g/mol. The van der Waals surface area contributed by atoms with E-state index >= 15 is 0 Å². The van der Waals surface area contributed by atoms with Gasteiger partial charge in [-0.05, 0) is 75.2 Å². The summed E-state index contributed by atoms with van der Waals surface area (Å²) in [5.74, 6) is 1.95. The molecule has 2 atom stereocenters. The highest BCUT2D eigenvalue weighted by molar-refractivity contribution is 7.99. The molecule has 4 aliphatic heterocycles. The van der Waals surface area contributed by atoms with Gasteiger partial charge in [-0.1, -0.05) is 12.6 Å². The van der Waals surface area contributed by atoms with Crippen molar-refractivity contribution in [1.29, 1.82) is 5.26 Å². The van der Waals surface area contributed by atoms with Crippen molar-refractivity contribution in [3.8, 4) is 12.1 Å². The van der Waals surface area contributed by atoms with Crippen molar-refractivity contribution in [3.05, 3.63) is 47.7 Å². The molecule has 0 N–H and O–H groups in total. The second kappa shape index (κ2) is 12.3. The number of likely N-dealkylation sites (tertiary alicyclic amines) is 1. The Kier molecular flexibility index (Phi) is 8.35. The highest BCUT2D eigenvalue weighted by Gasteiger charge is 2.34. The minimum absolute atomic E-state index is 0.126. The summed E-state index contributed by atoms with van der Waals surface area (Å²) in [5, 5.41) is 9.51. The van der Waals surface area contributed by atoms with Crippen molar-refractivity contribution in [3.63, 3.8) is 0 Å². The third-order valence-electron chi connectivity index (χ3n) is 8.94. The lowest BCUT2D eigenvalue weighted by atomic mass is 10.0. The molecule has 216 valence electrons. The van der Waals surface area contributed by atoms with Crippen molar-refractivity contribution >= 4 is 29.2 Å². The van der Waals surface area contributed by atoms with Crippen molar-refractivity contribution in [2.45, 2.75) is 62.0 Å². The minimum atomic E-state index is -0.213. The van der Waals surface area contributed by atoms with Crippen LogP contribution in [0.15, 0.2) is 35.7 Å². The monoisotopic (exact) mass is 573 g/mol. The first kappa shape index (κ1) is 27.9. The zero-order chi connectivity index (χ0) is 28.3. The molecule has 0 saturated carbocycles. The summed E-state index contributed by atoms with van der Waals surface area (Å²) in [6.07, 6.45) is 7.08. The van der Waals surface area contributed by atoms with Crippen molar-refractivity contribution in [2.24, 2.45) is 0 Å². The van der Waals surface area contributed by atoms with Gasteiger partial charge >= 0.3 is 6.01 Å². The highest BCUT2D eigenvalue weighted by Crippen LogP contribution is 2.39. The summed E-state index contributed by atoms with van der Waals surface area (Å²) < 4.78 is 6.30. The van der Waals surface area contributed by atoms with Gasteiger partial charge in [-0.2, -0.15) is 15.2 Å². The number of amides is 1. The Morgan fingerprint density at radius 3 is 2.85 bits per heavy atom. The molecule has 0 aliphatic carbocycles. The number of likely N-dealkylation sites (N-methyl/N-ethyl adjacent to an activating group) is 1. The number of nitriles is 1. The van der Waals surface area contributed by atoms with E-state index in [1.54, 1.807) is 4.90 Å². The fourth-order valence-electron chi connectivity index (χ4n) is 6.68. The zero-order valence-corrected chi connectivity index (χ0v) is 24.7. The maximum Gasteiger partial charge on any atom is 0.318 e. The van der Waals surface area contributed by atoms with E-state index in [0.717, 1.165) is 49.4 Å². The number of aromatic nitrogens is 2. The van der Waals surface area contributed by atoms with E-state index in [9.17, 15) is 10.1 Å².